The Labute approximate surface area is 88.9 Å². The summed E-state index contributed by atoms with van der Waals surface area (Å²) in [5.74, 6) is 0. The molecule has 0 spiro atoms. The van der Waals surface area contributed by atoms with Crippen molar-refractivity contribution in [1.29, 1.82) is 0 Å². The van der Waals surface area contributed by atoms with Crippen molar-refractivity contribution in [2.75, 3.05) is 0 Å². The van der Waals surface area contributed by atoms with Crippen LogP contribution in [0.25, 0.3) is 0 Å². The Kier molecular flexibility index (Phi) is 3.81. The normalized spacial score (nSPS) is 14.0. The van der Waals surface area contributed by atoms with E-state index < -0.39 is 13.7 Å². The van der Waals surface area contributed by atoms with Crippen LogP contribution in [0.15, 0.2) is 24.3 Å². The summed E-state index contributed by atoms with van der Waals surface area (Å²) in [5, 5.41) is 0.230. The molecule has 2 nitrogen and oxygen atoms in total. The van der Waals surface area contributed by atoms with Gasteiger partial charge in [-0.25, -0.2) is 0 Å². The van der Waals surface area contributed by atoms with E-state index in [1.54, 1.807) is 6.07 Å². The quantitative estimate of drug-likeness (QED) is 0.684. The molecule has 14 heavy (non-hydrogen) atoms. The maximum Gasteiger partial charge on any atom is 0.344 e. The highest BCUT2D eigenvalue weighted by Gasteiger charge is 2.39. The van der Waals surface area contributed by atoms with Gasteiger partial charge >= 0.3 is 5.66 Å². The third-order valence-corrected chi connectivity index (χ3v) is 3.18. The molecule has 0 radical (unpaired) electrons. The Morgan fingerprint density at radius 2 is 2.00 bits per heavy atom. The molecule has 1 aromatic rings. The van der Waals surface area contributed by atoms with Crippen molar-refractivity contribution >= 4 is 24.0 Å². The van der Waals surface area contributed by atoms with Gasteiger partial charge in [-0.1, -0.05) is 40.2 Å². The van der Waals surface area contributed by atoms with Gasteiger partial charge in [-0.05, 0) is 5.56 Å². The van der Waals surface area contributed by atoms with Crippen LogP contribution in [0.1, 0.15) is 11.1 Å². The van der Waals surface area contributed by atoms with Gasteiger partial charge in [-0.2, -0.15) is 8.78 Å². The maximum atomic E-state index is 13.2. The standard InChI is InChI=1S/C8H8BrF2O2P/c9-5-6-3-1-2-4-7(6)8(10,11)14(12)13/h1-4,14H,5H2,(H,12,13). The SMILES string of the molecule is O=[PH](O)C(F)(F)c1ccccc1CBr. The number of hydrogen-bond donors (Lipinski definition) is 1. The molecule has 0 aliphatic rings. The Hall–Kier alpha value is -0.250. The molecular formula is C8H8BrF2O2P. The van der Waals surface area contributed by atoms with Crippen LogP contribution in [0.4, 0.5) is 8.78 Å². The monoisotopic (exact) mass is 284 g/mol. The summed E-state index contributed by atoms with van der Waals surface area (Å²) in [6.45, 7) is 0. The fourth-order valence-corrected chi connectivity index (χ4v) is 2.02. The van der Waals surface area contributed by atoms with Crippen molar-refractivity contribution in [1.82, 2.24) is 0 Å². The van der Waals surface area contributed by atoms with Crippen molar-refractivity contribution in [3.05, 3.63) is 35.4 Å². The molecule has 1 N–H and O–H groups in total. The lowest BCUT2D eigenvalue weighted by Crippen LogP contribution is -2.10. The first-order chi connectivity index (χ1) is 6.50. The van der Waals surface area contributed by atoms with Gasteiger partial charge in [0.2, 0.25) is 0 Å². The number of hydrogen-bond acceptors (Lipinski definition) is 1. The van der Waals surface area contributed by atoms with Gasteiger partial charge in [0.15, 0.2) is 0 Å². The molecule has 0 amide bonds. The second-order valence-electron chi connectivity index (χ2n) is 2.67. The largest absolute Gasteiger partial charge is 0.344 e. The van der Waals surface area contributed by atoms with Crippen LogP contribution < -0.4 is 0 Å². The summed E-state index contributed by atoms with van der Waals surface area (Å²) in [4.78, 5) is 8.53. The summed E-state index contributed by atoms with van der Waals surface area (Å²) in [7, 11) is -3.90. The van der Waals surface area contributed by atoms with E-state index in [0.717, 1.165) is 6.07 Å². The van der Waals surface area contributed by atoms with Crippen molar-refractivity contribution < 1.29 is 18.2 Å². The lowest BCUT2D eigenvalue weighted by molar-refractivity contribution is 0.0807. The van der Waals surface area contributed by atoms with Gasteiger partial charge in [0.05, 0.1) is 0 Å². The highest BCUT2D eigenvalue weighted by molar-refractivity contribution is 9.08. The molecule has 1 rings (SSSR count). The smallest absolute Gasteiger partial charge is 0.342 e. The molecule has 0 aliphatic carbocycles. The number of rotatable bonds is 3. The molecule has 0 aliphatic heterocycles. The van der Waals surface area contributed by atoms with E-state index in [9.17, 15) is 13.3 Å². The molecule has 0 aromatic heterocycles. The van der Waals surface area contributed by atoms with Gasteiger partial charge in [-0.3, -0.25) is 4.57 Å². The summed E-state index contributed by atoms with van der Waals surface area (Å²) in [6.07, 6.45) is 0. The van der Waals surface area contributed by atoms with Gasteiger partial charge in [0.25, 0.3) is 8.03 Å². The van der Waals surface area contributed by atoms with Crippen LogP contribution in [-0.2, 0) is 15.6 Å². The van der Waals surface area contributed by atoms with Crippen LogP contribution in [0.3, 0.4) is 0 Å². The molecular weight excluding hydrogens is 277 g/mol. The van der Waals surface area contributed by atoms with Gasteiger partial charge in [0.1, 0.15) is 0 Å². The van der Waals surface area contributed by atoms with Crippen molar-refractivity contribution in [3.8, 4) is 0 Å². The third kappa shape index (κ3) is 2.22. The van der Waals surface area contributed by atoms with Crippen LogP contribution in [0.5, 0.6) is 0 Å². The summed E-state index contributed by atoms with van der Waals surface area (Å²) in [6, 6.07) is 5.67. The molecule has 6 heteroatoms. The minimum atomic E-state index is -3.90. The number of halogens is 3. The van der Waals surface area contributed by atoms with Crippen molar-refractivity contribution in [2.24, 2.45) is 0 Å². The van der Waals surface area contributed by atoms with E-state index in [4.69, 9.17) is 4.89 Å². The summed E-state index contributed by atoms with van der Waals surface area (Å²) >= 11 is 3.04. The molecule has 0 bridgehead atoms. The van der Waals surface area contributed by atoms with E-state index in [1.807, 2.05) is 0 Å². The van der Waals surface area contributed by atoms with Crippen molar-refractivity contribution in [2.45, 2.75) is 11.0 Å². The molecule has 1 atom stereocenters. The van der Waals surface area contributed by atoms with Crippen LogP contribution in [-0.4, -0.2) is 4.89 Å². The van der Waals surface area contributed by atoms with Crippen LogP contribution in [0, 0.1) is 0 Å². The molecule has 0 heterocycles. The Balaban J connectivity index is 3.24. The average Bonchev–Trinajstić information content (AvgIpc) is 2.17. The Morgan fingerprint density at radius 1 is 1.43 bits per heavy atom. The fraction of sp³-hybridized carbons (Fsp3) is 0.250. The summed E-state index contributed by atoms with van der Waals surface area (Å²) < 4.78 is 36.9. The fourth-order valence-electron chi connectivity index (χ4n) is 1.06. The summed E-state index contributed by atoms with van der Waals surface area (Å²) in [5.41, 5.74) is -3.71. The number of benzene rings is 1. The molecule has 1 unspecified atom stereocenters. The van der Waals surface area contributed by atoms with E-state index >= 15 is 0 Å². The molecule has 0 fully saturated rings. The zero-order valence-corrected chi connectivity index (χ0v) is 9.59. The first-order valence-electron chi connectivity index (χ1n) is 3.75. The topological polar surface area (TPSA) is 37.3 Å². The predicted molar refractivity (Wildman–Crippen MR) is 54.2 cm³/mol. The Bertz CT molecular complexity index is 357. The van der Waals surface area contributed by atoms with Gasteiger partial charge in [0, 0.05) is 10.9 Å². The van der Waals surface area contributed by atoms with Crippen LogP contribution >= 0.6 is 24.0 Å². The minimum Gasteiger partial charge on any atom is -0.342 e. The van der Waals surface area contributed by atoms with Crippen molar-refractivity contribution in [3.63, 3.8) is 0 Å². The lowest BCUT2D eigenvalue weighted by atomic mass is 10.1. The number of alkyl halides is 3. The van der Waals surface area contributed by atoms with Gasteiger partial charge < -0.3 is 4.89 Å². The van der Waals surface area contributed by atoms with E-state index in [1.165, 1.54) is 12.1 Å². The van der Waals surface area contributed by atoms with E-state index in [-0.39, 0.29) is 10.9 Å². The maximum absolute atomic E-state index is 13.2. The molecule has 0 saturated heterocycles. The second kappa shape index (κ2) is 4.51. The zero-order valence-electron chi connectivity index (χ0n) is 7.01. The van der Waals surface area contributed by atoms with E-state index in [0.29, 0.717) is 5.56 Å². The van der Waals surface area contributed by atoms with Gasteiger partial charge in [-0.15, -0.1) is 0 Å². The first-order valence-corrected chi connectivity index (χ1v) is 6.23. The average molecular weight is 285 g/mol. The second-order valence-corrected chi connectivity index (χ2v) is 4.47. The molecule has 78 valence electrons. The van der Waals surface area contributed by atoms with Crippen LogP contribution in [0.2, 0.25) is 0 Å². The molecule has 1 aromatic carbocycles. The minimum absolute atomic E-state index is 0.230. The first kappa shape index (κ1) is 11.8. The zero-order chi connectivity index (χ0) is 10.8. The highest BCUT2D eigenvalue weighted by atomic mass is 79.9. The molecule has 0 saturated carbocycles. The predicted octanol–water partition coefficient (Wildman–Crippen LogP) is 3.10. The Morgan fingerprint density at radius 3 is 2.50 bits per heavy atom. The highest BCUT2D eigenvalue weighted by Crippen LogP contribution is 2.48. The third-order valence-electron chi connectivity index (χ3n) is 1.77. The van der Waals surface area contributed by atoms with E-state index in [2.05, 4.69) is 15.9 Å². The lowest BCUT2D eigenvalue weighted by Gasteiger charge is -2.15.